The van der Waals surface area contributed by atoms with E-state index in [1.807, 2.05) is 20.8 Å². The smallest absolute Gasteiger partial charge is 0.344 e. The molecule has 23 heavy (non-hydrogen) atoms. The fraction of sp³-hybridized carbons (Fsp3) is 0.375. The summed E-state index contributed by atoms with van der Waals surface area (Å²) in [6.07, 6.45) is 0. The molecule has 1 aromatic heterocycles. The average Bonchev–Trinajstić information content (AvgIpc) is 2.82. The van der Waals surface area contributed by atoms with Crippen LogP contribution in [0.15, 0.2) is 16.7 Å². The summed E-state index contributed by atoms with van der Waals surface area (Å²) in [5.74, 6) is -0.351. The number of carbonyl (C=O) groups is 1. The van der Waals surface area contributed by atoms with Crippen molar-refractivity contribution in [3.8, 4) is 11.3 Å². The molecule has 0 aliphatic carbocycles. The number of rotatable bonds is 3. The van der Waals surface area contributed by atoms with Crippen LogP contribution in [-0.2, 0) is 10.2 Å². The minimum atomic E-state index is -0.532. The van der Waals surface area contributed by atoms with Crippen molar-refractivity contribution in [3.05, 3.63) is 38.5 Å². The Morgan fingerprint density at radius 3 is 2.26 bits per heavy atom. The highest BCUT2D eigenvalue weighted by atomic mass is 35.5. The van der Waals surface area contributed by atoms with Crippen molar-refractivity contribution in [2.75, 3.05) is 6.61 Å². The zero-order valence-corrected chi connectivity index (χ0v) is 15.4. The second-order valence-corrected chi connectivity index (χ2v) is 7.20. The third-order valence-corrected chi connectivity index (χ3v) is 3.93. The topological polar surface area (TPSA) is 52.3 Å². The molecule has 0 amide bonds. The van der Waals surface area contributed by atoms with Crippen molar-refractivity contribution in [2.45, 2.75) is 33.1 Å². The number of hydrogen-bond acceptors (Lipinski definition) is 4. The van der Waals surface area contributed by atoms with Crippen molar-refractivity contribution in [3.63, 3.8) is 0 Å². The first-order valence-electron chi connectivity index (χ1n) is 6.99. The molecule has 0 radical (unpaired) electrons. The van der Waals surface area contributed by atoms with Crippen LogP contribution in [0.5, 0.6) is 0 Å². The largest absolute Gasteiger partial charge is 0.462 e. The molecule has 2 aromatic rings. The Balaban J connectivity index is 2.74. The third-order valence-electron chi connectivity index (χ3n) is 3.12. The molecule has 124 valence electrons. The molecule has 1 heterocycles. The predicted molar refractivity (Wildman–Crippen MR) is 91.6 cm³/mol. The highest BCUT2D eigenvalue weighted by Crippen LogP contribution is 2.41. The molecule has 0 N–H and O–H groups in total. The maximum absolute atomic E-state index is 12.4. The number of ether oxygens (including phenoxy) is 1. The van der Waals surface area contributed by atoms with Gasteiger partial charge in [0.2, 0.25) is 0 Å². The van der Waals surface area contributed by atoms with Gasteiger partial charge < -0.3 is 9.26 Å². The highest BCUT2D eigenvalue weighted by Gasteiger charge is 2.33. The van der Waals surface area contributed by atoms with Gasteiger partial charge in [0.15, 0.2) is 5.76 Å². The first kappa shape index (κ1) is 18.1. The summed E-state index contributed by atoms with van der Waals surface area (Å²) >= 11 is 18.4. The summed E-state index contributed by atoms with van der Waals surface area (Å²) in [5, 5.41) is 4.97. The van der Waals surface area contributed by atoms with E-state index < -0.39 is 11.4 Å². The number of carbonyl (C=O) groups excluding carboxylic acids is 1. The van der Waals surface area contributed by atoms with Crippen LogP contribution in [0, 0.1) is 0 Å². The summed E-state index contributed by atoms with van der Waals surface area (Å²) in [7, 11) is 0. The Morgan fingerprint density at radius 1 is 1.22 bits per heavy atom. The molecule has 0 saturated heterocycles. The van der Waals surface area contributed by atoms with Crippen LogP contribution in [0.4, 0.5) is 0 Å². The number of benzene rings is 1. The first-order chi connectivity index (χ1) is 10.7. The van der Waals surface area contributed by atoms with Gasteiger partial charge in [-0.05, 0) is 19.1 Å². The quantitative estimate of drug-likeness (QED) is 0.637. The fourth-order valence-electron chi connectivity index (χ4n) is 2.12. The van der Waals surface area contributed by atoms with Gasteiger partial charge in [-0.15, -0.1) is 0 Å². The first-order valence-corrected chi connectivity index (χ1v) is 8.12. The third kappa shape index (κ3) is 3.65. The van der Waals surface area contributed by atoms with E-state index in [4.69, 9.17) is 44.1 Å². The Morgan fingerprint density at radius 2 is 1.78 bits per heavy atom. The Hall–Kier alpha value is -1.23. The normalized spacial score (nSPS) is 11.6. The molecule has 7 heteroatoms. The lowest BCUT2D eigenvalue weighted by molar-refractivity contribution is 0.0524. The van der Waals surface area contributed by atoms with Gasteiger partial charge in [0.25, 0.3) is 0 Å². The standard InChI is InChI=1S/C16H16Cl3NO3/c1-5-22-15(21)12-13(23-20-14(12)16(2,3)4)11-9(18)6-8(17)7-10(11)19/h6-7H,5H2,1-4H3. The zero-order chi connectivity index (χ0) is 17.4. The van der Waals surface area contributed by atoms with E-state index in [0.717, 1.165) is 0 Å². The Labute approximate surface area is 149 Å². The molecule has 0 bridgehead atoms. The number of aromatic nitrogens is 1. The van der Waals surface area contributed by atoms with E-state index in [9.17, 15) is 4.79 Å². The number of hydrogen-bond donors (Lipinski definition) is 0. The van der Waals surface area contributed by atoms with Gasteiger partial charge in [0.1, 0.15) is 11.3 Å². The van der Waals surface area contributed by atoms with Crippen molar-refractivity contribution in [2.24, 2.45) is 0 Å². The zero-order valence-electron chi connectivity index (χ0n) is 13.2. The molecule has 0 aliphatic heterocycles. The second-order valence-electron chi connectivity index (χ2n) is 5.95. The van der Waals surface area contributed by atoms with E-state index in [1.54, 1.807) is 6.92 Å². The lowest BCUT2D eigenvalue weighted by Gasteiger charge is -2.16. The summed E-state index contributed by atoms with van der Waals surface area (Å²) in [5.41, 5.74) is 0.650. The van der Waals surface area contributed by atoms with Crippen molar-refractivity contribution in [1.82, 2.24) is 5.16 Å². The fourth-order valence-corrected chi connectivity index (χ4v) is 3.11. The van der Waals surface area contributed by atoms with Crippen LogP contribution in [0.25, 0.3) is 11.3 Å². The van der Waals surface area contributed by atoms with Crippen LogP contribution < -0.4 is 0 Å². The molecule has 0 atom stereocenters. The summed E-state index contributed by atoms with van der Waals surface area (Å²) in [6.45, 7) is 7.71. The van der Waals surface area contributed by atoms with Crippen LogP contribution in [0.1, 0.15) is 43.7 Å². The van der Waals surface area contributed by atoms with E-state index in [-0.39, 0.29) is 28.0 Å². The molecular weight excluding hydrogens is 361 g/mol. The molecule has 0 aliphatic rings. The maximum Gasteiger partial charge on any atom is 0.344 e. The van der Waals surface area contributed by atoms with Crippen molar-refractivity contribution < 1.29 is 14.1 Å². The second kappa shape index (κ2) is 6.71. The predicted octanol–water partition coefficient (Wildman–Crippen LogP) is 5.78. The Kier molecular flexibility index (Phi) is 5.29. The van der Waals surface area contributed by atoms with Gasteiger partial charge in [-0.3, -0.25) is 0 Å². The molecule has 4 nitrogen and oxygen atoms in total. The van der Waals surface area contributed by atoms with E-state index in [2.05, 4.69) is 5.16 Å². The molecule has 0 spiro atoms. The molecular formula is C16H16Cl3NO3. The molecule has 0 fully saturated rings. The number of halogens is 3. The minimum Gasteiger partial charge on any atom is -0.462 e. The summed E-state index contributed by atoms with van der Waals surface area (Å²) in [4.78, 5) is 12.4. The van der Waals surface area contributed by atoms with Crippen LogP contribution >= 0.6 is 34.8 Å². The maximum atomic E-state index is 12.4. The lowest BCUT2D eigenvalue weighted by Crippen LogP contribution is -2.18. The molecule has 2 rings (SSSR count). The van der Waals surface area contributed by atoms with Gasteiger partial charge in [-0.2, -0.15) is 0 Å². The van der Waals surface area contributed by atoms with Crippen LogP contribution in [0.3, 0.4) is 0 Å². The van der Waals surface area contributed by atoms with E-state index >= 15 is 0 Å². The Bertz CT molecular complexity index is 725. The van der Waals surface area contributed by atoms with Crippen LogP contribution in [0.2, 0.25) is 15.1 Å². The van der Waals surface area contributed by atoms with Crippen molar-refractivity contribution in [1.29, 1.82) is 0 Å². The van der Waals surface area contributed by atoms with Gasteiger partial charge in [-0.25, -0.2) is 4.79 Å². The summed E-state index contributed by atoms with van der Waals surface area (Å²) in [6, 6.07) is 3.05. The number of nitrogens with zero attached hydrogens (tertiary/aromatic N) is 1. The minimum absolute atomic E-state index is 0.181. The van der Waals surface area contributed by atoms with Gasteiger partial charge in [-0.1, -0.05) is 60.7 Å². The SMILES string of the molecule is CCOC(=O)c1c(C(C)(C)C)noc1-c1c(Cl)cc(Cl)cc1Cl. The lowest BCUT2D eigenvalue weighted by atomic mass is 9.88. The summed E-state index contributed by atoms with van der Waals surface area (Å²) < 4.78 is 10.6. The highest BCUT2D eigenvalue weighted by molar-refractivity contribution is 6.41. The number of esters is 1. The van der Waals surface area contributed by atoms with Crippen molar-refractivity contribution >= 4 is 40.8 Å². The van der Waals surface area contributed by atoms with E-state index in [0.29, 0.717) is 16.3 Å². The van der Waals surface area contributed by atoms with Gasteiger partial charge in [0.05, 0.1) is 22.2 Å². The molecule has 0 unspecified atom stereocenters. The van der Waals surface area contributed by atoms with Gasteiger partial charge >= 0.3 is 5.97 Å². The van der Waals surface area contributed by atoms with E-state index in [1.165, 1.54) is 12.1 Å². The van der Waals surface area contributed by atoms with Gasteiger partial charge in [0, 0.05) is 10.4 Å². The average molecular weight is 377 g/mol. The van der Waals surface area contributed by atoms with Crippen LogP contribution in [-0.4, -0.2) is 17.7 Å². The molecule has 1 aromatic carbocycles. The monoisotopic (exact) mass is 375 g/mol. The molecule has 0 saturated carbocycles.